The Labute approximate surface area is 144 Å². The largest absolute Gasteiger partial charge is 0.420 e. The molecule has 1 aromatic carbocycles. The first-order chi connectivity index (χ1) is 12.1. The molecule has 1 atom stereocenters. The molecule has 0 aliphatic carbocycles. The van der Waals surface area contributed by atoms with Gasteiger partial charge in [0.25, 0.3) is 0 Å². The molecule has 1 amide bonds. The van der Waals surface area contributed by atoms with Gasteiger partial charge in [-0.1, -0.05) is 12.1 Å². The van der Waals surface area contributed by atoms with Crippen LogP contribution in [-0.4, -0.2) is 38.2 Å². The van der Waals surface area contributed by atoms with Gasteiger partial charge in [-0.05, 0) is 37.5 Å². The number of aryl methyl sites for hydroxylation is 1. The summed E-state index contributed by atoms with van der Waals surface area (Å²) in [5.74, 6) is -0.562. The smallest absolute Gasteiger partial charge is 0.408 e. The lowest BCUT2D eigenvalue weighted by Gasteiger charge is -2.33. The molecule has 130 valence electrons. The van der Waals surface area contributed by atoms with Crippen LogP contribution in [0.15, 0.2) is 45.9 Å². The van der Waals surface area contributed by atoms with E-state index in [-0.39, 0.29) is 18.5 Å². The third-order valence-corrected chi connectivity index (χ3v) is 4.72. The van der Waals surface area contributed by atoms with Crippen LogP contribution < -0.4 is 5.76 Å². The maximum atomic E-state index is 12.7. The minimum absolute atomic E-state index is 0.000696. The highest BCUT2D eigenvalue weighted by atomic mass is 16.4. The van der Waals surface area contributed by atoms with Crippen molar-refractivity contribution in [3.05, 3.63) is 52.8 Å². The number of nitrogens with zero attached hydrogens (tertiary/aromatic N) is 4. The third kappa shape index (κ3) is 2.97. The van der Waals surface area contributed by atoms with Crippen molar-refractivity contribution < 1.29 is 9.21 Å². The lowest BCUT2D eigenvalue weighted by atomic mass is 10.1. The summed E-state index contributed by atoms with van der Waals surface area (Å²) in [5, 5.41) is 4.37. The maximum absolute atomic E-state index is 12.7. The summed E-state index contributed by atoms with van der Waals surface area (Å²) in [4.78, 5) is 26.6. The Bertz CT molecular complexity index is 968. The van der Waals surface area contributed by atoms with E-state index in [2.05, 4.69) is 5.10 Å². The van der Waals surface area contributed by atoms with Gasteiger partial charge in [-0.3, -0.25) is 14.0 Å². The number of carbonyl (C=O) groups is 1. The van der Waals surface area contributed by atoms with Crippen LogP contribution >= 0.6 is 0 Å². The molecule has 1 fully saturated rings. The van der Waals surface area contributed by atoms with Crippen molar-refractivity contribution in [2.24, 2.45) is 0 Å². The van der Waals surface area contributed by atoms with Gasteiger partial charge < -0.3 is 9.32 Å². The molecule has 0 N–H and O–H groups in total. The van der Waals surface area contributed by atoms with Crippen molar-refractivity contribution >= 4 is 17.0 Å². The van der Waals surface area contributed by atoms with Gasteiger partial charge in [0.2, 0.25) is 5.91 Å². The van der Waals surface area contributed by atoms with E-state index in [1.165, 1.54) is 4.57 Å². The van der Waals surface area contributed by atoms with Crippen LogP contribution in [0.2, 0.25) is 0 Å². The number of likely N-dealkylation sites (tertiary alicyclic amines) is 1. The van der Waals surface area contributed by atoms with Gasteiger partial charge in [0, 0.05) is 19.3 Å². The number of hydrogen-bond donors (Lipinski definition) is 0. The molecule has 25 heavy (non-hydrogen) atoms. The van der Waals surface area contributed by atoms with Crippen molar-refractivity contribution in [3.8, 4) is 0 Å². The molecule has 0 bridgehead atoms. The molecule has 2 aromatic heterocycles. The fourth-order valence-electron chi connectivity index (χ4n) is 3.43. The highest BCUT2D eigenvalue weighted by Gasteiger charge is 2.26. The van der Waals surface area contributed by atoms with Crippen LogP contribution in [0.5, 0.6) is 0 Å². The average Bonchev–Trinajstić information content (AvgIpc) is 3.19. The maximum Gasteiger partial charge on any atom is 0.420 e. The van der Waals surface area contributed by atoms with Crippen molar-refractivity contribution in [2.75, 3.05) is 13.1 Å². The number of oxazole rings is 1. The Balaban J connectivity index is 1.52. The minimum atomic E-state index is -0.495. The van der Waals surface area contributed by atoms with Gasteiger partial charge >= 0.3 is 5.76 Å². The average molecular weight is 340 g/mol. The molecule has 0 saturated carbocycles. The molecule has 7 nitrogen and oxygen atoms in total. The Morgan fingerprint density at radius 2 is 2.20 bits per heavy atom. The lowest BCUT2D eigenvalue weighted by Crippen LogP contribution is -2.43. The van der Waals surface area contributed by atoms with Gasteiger partial charge in [-0.15, -0.1) is 0 Å². The standard InChI is InChI=1S/C18H20N4O3/c1-13-9-19-22(10-13)14-5-4-8-20(11-14)17(23)12-21-15-6-2-3-7-16(15)25-18(21)24/h2-3,6-7,9-10,14H,4-5,8,11-12H2,1H3/t14-/m0/s1. The Morgan fingerprint density at radius 3 is 3.00 bits per heavy atom. The van der Waals surface area contributed by atoms with E-state index in [9.17, 15) is 9.59 Å². The second-order valence-corrected chi connectivity index (χ2v) is 6.56. The number of piperidine rings is 1. The normalized spacial score (nSPS) is 18.0. The van der Waals surface area contributed by atoms with Crippen LogP contribution in [0.1, 0.15) is 24.4 Å². The number of fused-ring (bicyclic) bond motifs is 1. The third-order valence-electron chi connectivity index (χ3n) is 4.72. The van der Waals surface area contributed by atoms with Gasteiger partial charge in [0.1, 0.15) is 6.54 Å². The molecule has 1 aliphatic heterocycles. The zero-order chi connectivity index (χ0) is 17.4. The summed E-state index contributed by atoms with van der Waals surface area (Å²) in [7, 11) is 0. The Morgan fingerprint density at radius 1 is 1.36 bits per heavy atom. The topological polar surface area (TPSA) is 73.3 Å². The van der Waals surface area contributed by atoms with Crippen LogP contribution in [-0.2, 0) is 11.3 Å². The highest BCUT2D eigenvalue weighted by molar-refractivity contribution is 5.79. The zero-order valence-electron chi connectivity index (χ0n) is 14.1. The molecule has 0 unspecified atom stereocenters. The van der Waals surface area contributed by atoms with Gasteiger partial charge in [-0.25, -0.2) is 4.79 Å². The predicted octanol–water partition coefficient (Wildman–Crippen LogP) is 1.96. The number of amides is 1. The monoisotopic (exact) mass is 340 g/mol. The van der Waals surface area contributed by atoms with Crippen molar-refractivity contribution in [2.45, 2.75) is 32.4 Å². The van der Waals surface area contributed by atoms with E-state index in [1.807, 2.05) is 35.0 Å². The fraction of sp³-hybridized carbons (Fsp3) is 0.389. The molecule has 1 aliphatic rings. The molecule has 3 aromatic rings. The summed E-state index contributed by atoms with van der Waals surface area (Å²) in [6.45, 7) is 3.33. The number of aromatic nitrogens is 3. The molecular weight excluding hydrogens is 320 g/mol. The number of rotatable bonds is 3. The van der Waals surface area contributed by atoms with E-state index >= 15 is 0 Å². The first-order valence-electron chi connectivity index (χ1n) is 8.49. The number of para-hydroxylation sites is 2. The van der Waals surface area contributed by atoms with Crippen LogP contribution in [0.3, 0.4) is 0 Å². The van der Waals surface area contributed by atoms with Gasteiger partial charge in [-0.2, -0.15) is 5.10 Å². The minimum Gasteiger partial charge on any atom is -0.408 e. The molecule has 7 heteroatoms. The molecule has 0 radical (unpaired) electrons. The molecule has 3 heterocycles. The van der Waals surface area contributed by atoms with Crippen molar-refractivity contribution in [1.82, 2.24) is 19.2 Å². The van der Waals surface area contributed by atoms with Gasteiger partial charge in [0.15, 0.2) is 5.58 Å². The molecule has 0 spiro atoms. The molecule has 4 rings (SSSR count). The van der Waals surface area contributed by atoms with E-state index in [0.717, 1.165) is 18.4 Å². The summed E-state index contributed by atoms with van der Waals surface area (Å²) in [6, 6.07) is 7.34. The van der Waals surface area contributed by atoms with E-state index in [1.54, 1.807) is 18.2 Å². The van der Waals surface area contributed by atoms with Crippen molar-refractivity contribution in [1.29, 1.82) is 0 Å². The Hall–Kier alpha value is -2.83. The number of carbonyl (C=O) groups excluding carboxylic acids is 1. The highest BCUT2D eigenvalue weighted by Crippen LogP contribution is 2.22. The fourth-order valence-corrected chi connectivity index (χ4v) is 3.43. The SMILES string of the molecule is Cc1cnn([C@H]2CCCN(C(=O)Cn3c(=O)oc4ccccc43)C2)c1. The second-order valence-electron chi connectivity index (χ2n) is 6.56. The summed E-state index contributed by atoms with van der Waals surface area (Å²) < 4.78 is 8.54. The molecule has 1 saturated heterocycles. The molecular formula is C18H20N4O3. The van der Waals surface area contributed by atoms with Gasteiger partial charge in [0.05, 0.1) is 17.8 Å². The van der Waals surface area contributed by atoms with E-state index in [0.29, 0.717) is 24.2 Å². The second kappa shape index (κ2) is 6.23. The summed E-state index contributed by atoms with van der Waals surface area (Å²) in [5.41, 5.74) is 2.26. The first-order valence-corrected chi connectivity index (χ1v) is 8.49. The number of hydrogen-bond acceptors (Lipinski definition) is 4. The quantitative estimate of drug-likeness (QED) is 0.731. The first kappa shape index (κ1) is 15.7. The van der Waals surface area contributed by atoms with Crippen LogP contribution in [0, 0.1) is 6.92 Å². The van der Waals surface area contributed by atoms with E-state index < -0.39 is 5.76 Å². The summed E-state index contributed by atoms with van der Waals surface area (Å²) in [6.07, 6.45) is 5.76. The Kier molecular flexibility index (Phi) is 3.91. The lowest BCUT2D eigenvalue weighted by molar-refractivity contribution is -0.133. The van der Waals surface area contributed by atoms with Crippen LogP contribution in [0.4, 0.5) is 0 Å². The number of benzene rings is 1. The predicted molar refractivity (Wildman–Crippen MR) is 92.3 cm³/mol. The van der Waals surface area contributed by atoms with E-state index in [4.69, 9.17) is 4.42 Å². The van der Waals surface area contributed by atoms with Crippen LogP contribution in [0.25, 0.3) is 11.1 Å². The zero-order valence-corrected chi connectivity index (χ0v) is 14.1. The van der Waals surface area contributed by atoms with Crippen molar-refractivity contribution in [3.63, 3.8) is 0 Å². The summed E-state index contributed by atoms with van der Waals surface area (Å²) >= 11 is 0.